The molecule has 0 saturated carbocycles. The van der Waals surface area contributed by atoms with E-state index in [0.717, 1.165) is 111 Å². The summed E-state index contributed by atoms with van der Waals surface area (Å²) >= 11 is 6.25. The van der Waals surface area contributed by atoms with Gasteiger partial charge in [0.15, 0.2) is 0 Å². The smallest absolute Gasteiger partial charge is 0.293 e. The van der Waals surface area contributed by atoms with Crippen molar-refractivity contribution in [1.29, 1.82) is 0 Å². The normalized spacial score (nSPS) is 17.9. The number of hydrogen-bond acceptors (Lipinski definition) is 10. The number of piperazine rings is 1. The number of amides is 1. The van der Waals surface area contributed by atoms with Crippen molar-refractivity contribution in [2.24, 2.45) is 5.41 Å². The van der Waals surface area contributed by atoms with Crippen molar-refractivity contribution < 1.29 is 22.9 Å². The van der Waals surface area contributed by atoms with Gasteiger partial charge in [0.25, 0.3) is 21.6 Å². The number of sulfonamides is 1. The van der Waals surface area contributed by atoms with E-state index in [0.29, 0.717) is 5.75 Å². The summed E-state index contributed by atoms with van der Waals surface area (Å²) in [5.74, 6) is -0.244. The number of fused-ring (bicyclic) bond motifs is 1. The molecule has 8 rings (SSSR count). The minimum Gasteiger partial charge on any atom is -0.456 e. The molecule has 0 bridgehead atoms. The van der Waals surface area contributed by atoms with Gasteiger partial charge in [0, 0.05) is 78.7 Å². The van der Waals surface area contributed by atoms with E-state index >= 15 is 0 Å². The van der Waals surface area contributed by atoms with Gasteiger partial charge >= 0.3 is 0 Å². The van der Waals surface area contributed by atoms with E-state index in [4.69, 9.17) is 16.3 Å². The highest BCUT2D eigenvalue weighted by Gasteiger charge is 2.31. The Morgan fingerprint density at radius 1 is 0.968 bits per heavy atom. The number of nitrogens with zero attached hydrogens (tertiary/aromatic N) is 4. The molecule has 0 unspecified atom stereocenters. The molecule has 1 aliphatic carbocycles. The van der Waals surface area contributed by atoms with E-state index in [9.17, 15) is 23.3 Å². The average molecular weight is 881 g/mol. The summed E-state index contributed by atoms with van der Waals surface area (Å²) in [4.78, 5) is 35.4. The molecule has 0 radical (unpaired) electrons. The maximum Gasteiger partial charge on any atom is 0.293 e. The summed E-state index contributed by atoms with van der Waals surface area (Å²) in [6.07, 6.45) is 6.69. The first-order chi connectivity index (χ1) is 29.6. The van der Waals surface area contributed by atoms with Crippen molar-refractivity contribution in [3.05, 3.63) is 122 Å². The van der Waals surface area contributed by atoms with Crippen LogP contribution in [0.2, 0.25) is 5.02 Å². The quantitative estimate of drug-likeness (QED) is 0.0817. The minimum atomic E-state index is -4.55. The Balaban J connectivity index is 1.03. The van der Waals surface area contributed by atoms with Crippen molar-refractivity contribution in [2.45, 2.75) is 63.8 Å². The van der Waals surface area contributed by atoms with Gasteiger partial charge in [-0.3, -0.25) is 19.8 Å². The van der Waals surface area contributed by atoms with Crippen LogP contribution in [0.25, 0.3) is 16.5 Å². The van der Waals surface area contributed by atoms with Gasteiger partial charge in [-0.2, -0.15) is 0 Å². The molecule has 3 aliphatic rings. The van der Waals surface area contributed by atoms with E-state index in [2.05, 4.69) is 55.7 Å². The number of aromatic amines is 1. The number of carbonyl (C=O) groups excluding carboxylic acids is 1. The Kier molecular flexibility index (Phi) is 12.4. The van der Waals surface area contributed by atoms with Gasteiger partial charge < -0.3 is 24.8 Å². The molecule has 2 saturated heterocycles. The third-order valence-corrected chi connectivity index (χ3v) is 14.2. The molecule has 2 fully saturated rings. The summed E-state index contributed by atoms with van der Waals surface area (Å²) in [7, 11) is -2.52. The molecule has 5 aromatic rings. The van der Waals surface area contributed by atoms with Crippen LogP contribution in [0.3, 0.4) is 0 Å². The Morgan fingerprint density at radius 2 is 1.71 bits per heavy atom. The molecule has 3 heterocycles. The standard InChI is InChI=1S/C47H54ClN7O6S/c1-31-29-49-41-6-5-7-43(45(31)41)61-44-26-36(54-24-22-53(23-25-54)30-33-16-19-47(2,3)28-39(33)32-8-10-34(48)11-9-32)12-14-38(44)46(56)51-62(59,60)37-13-15-40(42(27-37)55(57)58)50-35-17-20-52(4)21-18-35/h5-15,26-27,29,35,49-50H,16-25,28,30H2,1-4H3,(H,51,56). The highest BCUT2D eigenvalue weighted by Crippen LogP contribution is 2.44. The fraction of sp³-hybridized carbons (Fsp3) is 0.383. The number of nitrogens with one attached hydrogen (secondary N) is 3. The first-order valence-corrected chi connectivity index (χ1v) is 23.1. The summed E-state index contributed by atoms with van der Waals surface area (Å²) in [6.45, 7) is 12.4. The van der Waals surface area contributed by atoms with Gasteiger partial charge in [-0.1, -0.05) is 49.2 Å². The number of H-pyrrole nitrogens is 1. The van der Waals surface area contributed by atoms with Gasteiger partial charge in [0.2, 0.25) is 0 Å². The lowest BCUT2D eigenvalue weighted by atomic mass is 9.72. The zero-order valence-corrected chi connectivity index (χ0v) is 37.2. The number of carbonyl (C=O) groups is 1. The van der Waals surface area contributed by atoms with Crippen molar-refractivity contribution in [1.82, 2.24) is 19.5 Å². The highest BCUT2D eigenvalue weighted by molar-refractivity contribution is 7.90. The molecule has 3 N–H and O–H groups in total. The summed E-state index contributed by atoms with van der Waals surface area (Å²) < 4.78 is 36.3. The number of nitro benzene ring substituents is 1. The molecule has 326 valence electrons. The topological polar surface area (TPSA) is 153 Å². The second-order valence-electron chi connectivity index (χ2n) is 17.7. The number of benzene rings is 4. The largest absolute Gasteiger partial charge is 0.456 e. The van der Waals surface area contributed by atoms with E-state index < -0.39 is 25.7 Å². The minimum absolute atomic E-state index is 0.00176. The molecule has 2 aliphatic heterocycles. The van der Waals surface area contributed by atoms with Crippen LogP contribution in [0.15, 0.2) is 95.5 Å². The number of allylic oxidation sites excluding steroid dienone is 1. The van der Waals surface area contributed by atoms with Crippen LogP contribution in [0.4, 0.5) is 17.1 Å². The molecule has 1 amide bonds. The predicted molar refractivity (Wildman–Crippen MR) is 246 cm³/mol. The third-order valence-electron chi connectivity index (χ3n) is 12.6. The fourth-order valence-corrected chi connectivity index (χ4v) is 10.1. The molecule has 0 atom stereocenters. The SMILES string of the molecule is Cc1c[nH]c2cccc(Oc3cc(N4CCN(CC5=C(c6ccc(Cl)cc6)CC(C)(C)CC5)CC4)ccc3C(=O)NS(=O)(=O)c3ccc(NC4CCN(C)CC4)c([N+](=O)[O-])c3)c12. The van der Waals surface area contributed by atoms with Crippen LogP contribution in [0, 0.1) is 22.5 Å². The number of aromatic nitrogens is 1. The molecule has 15 heteroatoms. The van der Waals surface area contributed by atoms with Crippen molar-refractivity contribution in [2.75, 3.05) is 63.1 Å². The van der Waals surface area contributed by atoms with Crippen LogP contribution in [0.1, 0.15) is 67.4 Å². The number of likely N-dealkylation sites (tertiary alicyclic amines) is 1. The molecule has 13 nitrogen and oxygen atoms in total. The molecular formula is C47H54ClN7O6S. The van der Waals surface area contributed by atoms with Gasteiger partial charge in [-0.15, -0.1) is 0 Å². The number of anilines is 2. The number of ether oxygens (including phenoxy) is 1. The lowest BCUT2D eigenvalue weighted by Crippen LogP contribution is -2.47. The molecule has 1 aromatic heterocycles. The van der Waals surface area contributed by atoms with E-state index in [1.54, 1.807) is 12.1 Å². The zero-order valence-electron chi connectivity index (χ0n) is 35.7. The molecule has 4 aromatic carbocycles. The van der Waals surface area contributed by atoms with E-state index in [1.807, 2.05) is 56.6 Å². The van der Waals surface area contributed by atoms with Crippen LogP contribution in [-0.4, -0.2) is 92.9 Å². The monoisotopic (exact) mass is 879 g/mol. The second kappa shape index (κ2) is 17.8. The zero-order chi connectivity index (χ0) is 43.8. The van der Waals surface area contributed by atoms with Gasteiger partial charge in [-0.05, 0) is 130 Å². The summed E-state index contributed by atoms with van der Waals surface area (Å²) in [5, 5.41) is 17.0. The van der Waals surface area contributed by atoms with Crippen LogP contribution in [0.5, 0.6) is 11.5 Å². The number of rotatable bonds is 12. The maximum absolute atomic E-state index is 14.0. The first kappa shape index (κ1) is 43.2. The van der Waals surface area contributed by atoms with Crippen LogP contribution < -0.4 is 19.7 Å². The van der Waals surface area contributed by atoms with Crippen molar-refractivity contribution in [3.63, 3.8) is 0 Å². The summed E-state index contributed by atoms with van der Waals surface area (Å²) in [5.41, 5.74) is 6.84. The predicted octanol–water partition coefficient (Wildman–Crippen LogP) is 9.24. The first-order valence-electron chi connectivity index (χ1n) is 21.3. The maximum atomic E-state index is 14.0. The molecular weight excluding hydrogens is 826 g/mol. The summed E-state index contributed by atoms with van der Waals surface area (Å²) in [6, 6.07) is 22.6. The third kappa shape index (κ3) is 9.63. The van der Waals surface area contributed by atoms with Crippen LogP contribution >= 0.6 is 11.6 Å². The van der Waals surface area contributed by atoms with Gasteiger partial charge in [0.1, 0.15) is 17.2 Å². The number of halogens is 1. The Morgan fingerprint density at radius 3 is 2.44 bits per heavy atom. The van der Waals surface area contributed by atoms with Crippen molar-refractivity contribution in [3.8, 4) is 11.5 Å². The Hall–Kier alpha value is -5.41. The number of nitro groups is 1. The fourth-order valence-electron chi connectivity index (χ4n) is 8.96. The van der Waals surface area contributed by atoms with Crippen molar-refractivity contribution >= 4 is 61.1 Å². The number of aryl methyl sites for hydroxylation is 1. The number of hydrogen-bond donors (Lipinski definition) is 3. The number of piperidine rings is 1. The lowest BCUT2D eigenvalue weighted by Gasteiger charge is -2.39. The van der Waals surface area contributed by atoms with Crippen LogP contribution in [-0.2, 0) is 10.0 Å². The second-order valence-corrected chi connectivity index (χ2v) is 19.8. The van der Waals surface area contributed by atoms with E-state index in [1.165, 1.54) is 28.8 Å². The Labute approximate surface area is 368 Å². The van der Waals surface area contributed by atoms with E-state index in [-0.39, 0.29) is 34.1 Å². The molecule has 0 spiro atoms. The average Bonchev–Trinajstić information content (AvgIpc) is 3.63. The van der Waals surface area contributed by atoms with Gasteiger partial charge in [-0.25, -0.2) is 13.1 Å². The molecule has 62 heavy (non-hydrogen) atoms. The Bertz CT molecular complexity index is 2630. The highest BCUT2D eigenvalue weighted by atomic mass is 35.5. The lowest BCUT2D eigenvalue weighted by molar-refractivity contribution is -0.384. The van der Waals surface area contributed by atoms with Gasteiger partial charge in [0.05, 0.1) is 15.4 Å².